The molecule has 0 fully saturated rings. The number of para-hydroxylation sites is 1. The first-order chi connectivity index (χ1) is 11.4. The molecule has 1 nitrogen and oxygen atoms in total. The molecule has 110 valence electrons. The van der Waals surface area contributed by atoms with E-state index in [0.29, 0.717) is 0 Å². The molecule has 1 aliphatic carbocycles. The largest absolute Gasteiger partial charge is 0.247 e. The SMILES string of the molecule is C1=CCc2c3c(ccc2=C1)=c1ccccc1=N3.c1ccccc1. The average Bonchev–Trinajstić information content (AvgIpc) is 3.03. The molecule has 5 rings (SSSR count). The monoisotopic (exact) mass is 295 g/mol. The van der Waals surface area contributed by atoms with E-state index in [0.717, 1.165) is 11.8 Å². The number of allylic oxidation sites excluding steroid dienone is 2. The Morgan fingerprint density at radius 2 is 1.43 bits per heavy atom. The van der Waals surface area contributed by atoms with Crippen LogP contribution in [-0.4, -0.2) is 0 Å². The summed E-state index contributed by atoms with van der Waals surface area (Å²) < 4.78 is 0. The van der Waals surface area contributed by atoms with Crippen LogP contribution in [0, 0.1) is 10.4 Å². The molecule has 0 N–H and O–H groups in total. The van der Waals surface area contributed by atoms with Crippen molar-refractivity contribution in [3.8, 4) is 0 Å². The zero-order valence-corrected chi connectivity index (χ0v) is 12.8. The van der Waals surface area contributed by atoms with E-state index in [4.69, 9.17) is 4.99 Å². The van der Waals surface area contributed by atoms with E-state index in [2.05, 4.69) is 48.6 Å². The maximum absolute atomic E-state index is 4.77. The molecule has 0 radical (unpaired) electrons. The highest BCUT2D eigenvalue weighted by atomic mass is 14.7. The molecule has 0 saturated carbocycles. The van der Waals surface area contributed by atoms with Gasteiger partial charge in [0.25, 0.3) is 0 Å². The minimum Gasteiger partial charge on any atom is -0.247 e. The van der Waals surface area contributed by atoms with Gasteiger partial charge in [-0.1, -0.05) is 85.0 Å². The first-order valence-electron chi connectivity index (χ1n) is 7.90. The summed E-state index contributed by atoms with van der Waals surface area (Å²) in [5.74, 6) is 0. The van der Waals surface area contributed by atoms with Crippen LogP contribution < -0.4 is 10.6 Å². The fourth-order valence-corrected chi connectivity index (χ4v) is 3.03. The molecule has 2 aliphatic rings. The van der Waals surface area contributed by atoms with Crippen LogP contribution in [0.5, 0.6) is 0 Å². The summed E-state index contributed by atoms with van der Waals surface area (Å²) in [6, 6.07) is 24.8. The molecule has 1 heteroatoms. The van der Waals surface area contributed by atoms with Crippen LogP contribution in [0.3, 0.4) is 0 Å². The predicted octanol–water partition coefficient (Wildman–Crippen LogP) is 3.82. The number of fused-ring (bicyclic) bond motifs is 4. The molecule has 0 saturated heterocycles. The molecule has 1 aliphatic heterocycles. The highest BCUT2D eigenvalue weighted by Gasteiger charge is 2.10. The average molecular weight is 295 g/mol. The van der Waals surface area contributed by atoms with E-state index in [1.54, 1.807) is 0 Å². The standard InChI is InChI=1S/C16H11N.C6H6/c1-2-6-12-11(5-1)9-10-14-13-7-3-4-8-15(13)17-16(12)14;1-2-4-6-5-3-1/h1-5,7-10H,6H2;1-6H. The molecule has 0 amide bonds. The van der Waals surface area contributed by atoms with Gasteiger partial charge in [-0.3, -0.25) is 0 Å². The van der Waals surface area contributed by atoms with Crippen LogP contribution in [0.15, 0.2) is 89.9 Å². The Morgan fingerprint density at radius 1 is 0.696 bits per heavy atom. The van der Waals surface area contributed by atoms with Crippen molar-refractivity contribution in [3.05, 3.63) is 112 Å². The highest BCUT2D eigenvalue weighted by molar-refractivity contribution is 5.57. The highest BCUT2D eigenvalue weighted by Crippen LogP contribution is 2.22. The van der Waals surface area contributed by atoms with Gasteiger partial charge < -0.3 is 0 Å². The minimum absolute atomic E-state index is 0.993. The Hall–Kier alpha value is -2.93. The van der Waals surface area contributed by atoms with Crippen molar-refractivity contribution >= 4 is 11.8 Å². The lowest BCUT2D eigenvalue weighted by Gasteiger charge is -2.06. The fourth-order valence-electron chi connectivity index (χ4n) is 3.03. The van der Waals surface area contributed by atoms with Gasteiger partial charge in [0.1, 0.15) is 0 Å². The first kappa shape index (κ1) is 13.7. The predicted molar refractivity (Wildman–Crippen MR) is 94.7 cm³/mol. The van der Waals surface area contributed by atoms with Crippen molar-refractivity contribution < 1.29 is 0 Å². The fraction of sp³-hybridized carbons (Fsp3) is 0.0455. The summed E-state index contributed by atoms with van der Waals surface area (Å²) in [7, 11) is 0. The molecule has 0 spiro atoms. The molecule has 0 aromatic heterocycles. The Bertz CT molecular complexity index is 1050. The summed E-state index contributed by atoms with van der Waals surface area (Å²) >= 11 is 0. The van der Waals surface area contributed by atoms with Crippen molar-refractivity contribution in [2.45, 2.75) is 6.42 Å². The molecule has 0 atom stereocenters. The number of hydrogen-bond donors (Lipinski definition) is 0. The summed E-state index contributed by atoms with van der Waals surface area (Å²) in [4.78, 5) is 4.77. The van der Waals surface area contributed by atoms with Crippen molar-refractivity contribution in [1.29, 1.82) is 0 Å². The van der Waals surface area contributed by atoms with Crippen molar-refractivity contribution in [2.75, 3.05) is 0 Å². The van der Waals surface area contributed by atoms with Gasteiger partial charge in [0.2, 0.25) is 0 Å². The molecule has 0 bridgehead atoms. The first-order valence-corrected chi connectivity index (χ1v) is 7.90. The Morgan fingerprint density at radius 3 is 2.22 bits per heavy atom. The maximum atomic E-state index is 4.77. The Balaban J connectivity index is 0.000000192. The smallest absolute Gasteiger partial charge is 0.0757 e. The summed E-state index contributed by atoms with van der Waals surface area (Å²) in [5.41, 5.74) is 2.53. The van der Waals surface area contributed by atoms with Gasteiger partial charge >= 0.3 is 0 Å². The van der Waals surface area contributed by atoms with Gasteiger partial charge in [-0.2, -0.15) is 0 Å². The van der Waals surface area contributed by atoms with Crippen LogP contribution in [0.2, 0.25) is 0 Å². The van der Waals surface area contributed by atoms with Crippen LogP contribution >= 0.6 is 0 Å². The number of benzene rings is 3. The topological polar surface area (TPSA) is 12.4 Å². The van der Waals surface area contributed by atoms with Crippen molar-refractivity contribution in [1.82, 2.24) is 0 Å². The van der Waals surface area contributed by atoms with Gasteiger partial charge in [0.05, 0.1) is 11.0 Å². The van der Waals surface area contributed by atoms with E-state index in [9.17, 15) is 0 Å². The van der Waals surface area contributed by atoms with Gasteiger partial charge in [0.15, 0.2) is 0 Å². The van der Waals surface area contributed by atoms with Crippen LogP contribution in [0.1, 0.15) is 5.56 Å². The molecule has 23 heavy (non-hydrogen) atoms. The second-order valence-electron chi connectivity index (χ2n) is 5.61. The Kier molecular flexibility index (Phi) is 3.61. The van der Waals surface area contributed by atoms with Crippen LogP contribution in [-0.2, 0) is 6.42 Å². The number of rotatable bonds is 0. The number of nitrogens with zero attached hydrogens (tertiary/aromatic N) is 1. The van der Waals surface area contributed by atoms with Crippen LogP contribution in [0.25, 0.3) is 6.08 Å². The lowest BCUT2D eigenvalue weighted by molar-refractivity contribution is 1.20. The molecule has 3 aromatic carbocycles. The van der Waals surface area contributed by atoms with Crippen molar-refractivity contribution in [2.24, 2.45) is 4.99 Å². The van der Waals surface area contributed by atoms with Gasteiger partial charge in [-0.05, 0) is 23.3 Å². The van der Waals surface area contributed by atoms with E-state index in [1.165, 1.54) is 26.9 Å². The third-order valence-electron chi connectivity index (χ3n) is 4.15. The lowest BCUT2D eigenvalue weighted by Crippen LogP contribution is -2.10. The molecule has 3 aromatic rings. The summed E-state index contributed by atoms with van der Waals surface area (Å²) in [6.07, 6.45) is 7.47. The molecular weight excluding hydrogens is 278 g/mol. The molecule has 0 unspecified atom stereocenters. The second-order valence-corrected chi connectivity index (χ2v) is 5.61. The minimum atomic E-state index is 0.993. The van der Waals surface area contributed by atoms with Crippen LogP contribution in [0.4, 0.5) is 5.69 Å². The van der Waals surface area contributed by atoms with E-state index in [-0.39, 0.29) is 0 Å². The molecular formula is C22H17N. The second kappa shape index (κ2) is 6.05. The Labute approximate surface area is 135 Å². The summed E-state index contributed by atoms with van der Waals surface area (Å²) in [5, 5.41) is 4.95. The zero-order valence-electron chi connectivity index (χ0n) is 12.8. The summed E-state index contributed by atoms with van der Waals surface area (Å²) in [6.45, 7) is 0. The van der Waals surface area contributed by atoms with Gasteiger partial charge in [-0.25, -0.2) is 4.99 Å². The zero-order chi connectivity index (χ0) is 15.5. The molecule has 1 heterocycles. The van der Waals surface area contributed by atoms with E-state index >= 15 is 0 Å². The normalized spacial score (nSPS) is 12.7. The third-order valence-corrected chi connectivity index (χ3v) is 4.15. The lowest BCUT2D eigenvalue weighted by atomic mass is 10.0. The quantitative estimate of drug-likeness (QED) is 0.468. The van der Waals surface area contributed by atoms with E-state index < -0.39 is 0 Å². The third kappa shape index (κ3) is 2.62. The maximum Gasteiger partial charge on any atom is 0.0757 e. The van der Waals surface area contributed by atoms with Gasteiger partial charge in [0, 0.05) is 10.4 Å². The van der Waals surface area contributed by atoms with Crippen molar-refractivity contribution in [3.63, 3.8) is 0 Å². The van der Waals surface area contributed by atoms with E-state index in [1.807, 2.05) is 42.5 Å². The van der Waals surface area contributed by atoms with Gasteiger partial charge in [-0.15, -0.1) is 0 Å². The number of hydrogen-bond acceptors (Lipinski definition) is 1.